The summed E-state index contributed by atoms with van der Waals surface area (Å²) < 4.78 is 1.73. The largest absolute Gasteiger partial charge is 0.349 e. The summed E-state index contributed by atoms with van der Waals surface area (Å²) in [5, 5.41) is 6.82. The summed E-state index contributed by atoms with van der Waals surface area (Å²) in [6, 6.07) is 1.45. The molecule has 5 nitrogen and oxygen atoms in total. The van der Waals surface area contributed by atoms with Crippen LogP contribution in [0, 0.1) is 0 Å². The van der Waals surface area contributed by atoms with Gasteiger partial charge in [0, 0.05) is 13.2 Å². The second-order valence-electron chi connectivity index (χ2n) is 3.55. The number of carbonyl (C=O) groups is 1. The number of nitrogens with one attached hydrogen (secondary N) is 1. The summed E-state index contributed by atoms with van der Waals surface area (Å²) in [7, 11) is 1.84. The molecule has 1 aromatic rings. The van der Waals surface area contributed by atoms with Crippen LogP contribution in [0.5, 0.6) is 0 Å². The highest BCUT2D eigenvalue weighted by Gasteiger charge is 2.12. The summed E-state index contributed by atoms with van der Waals surface area (Å²) in [5.74, 6) is 0.801. The maximum absolute atomic E-state index is 11.6. The number of rotatable bonds is 6. The minimum Gasteiger partial charge on any atom is -0.349 e. The molecule has 0 aliphatic heterocycles. The number of carbonyl (C=O) groups excluding carboxylic acids is 1. The van der Waals surface area contributed by atoms with Gasteiger partial charge in [0.15, 0.2) is 0 Å². The number of nitrogens with two attached hydrogens (primary N) is 1. The van der Waals surface area contributed by atoms with E-state index in [0.29, 0.717) is 13.0 Å². The van der Waals surface area contributed by atoms with Gasteiger partial charge in [0.1, 0.15) is 0 Å². The fourth-order valence-electron chi connectivity index (χ4n) is 1.26. The lowest BCUT2D eigenvalue weighted by Gasteiger charge is -2.11. The molecule has 1 heterocycles. The first-order valence-corrected chi connectivity index (χ1v) is 6.53. The van der Waals surface area contributed by atoms with Gasteiger partial charge in [-0.2, -0.15) is 16.9 Å². The van der Waals surface area contributed by atoms with Crippen LogP contribution in [0.1, 0.15) is 12.1 Å². The van der Waals surface area contributed by atoms with Crippen molar-refractivity contribution in [1.29, 1.82) is 0 Å². The summed E-state index contributed by atoms with van der Waals surface area (Å²) in [6.07, 6.45) is 4.41. The molecule has 0 bridgehead atoms. The van der Waals surface area contributed by atoms with Gasteiger partial charge < -0.3 is 11.1 Å². The smallest absolute Gasteiger partial charge is 0.237 e. The Labute approximate surface area is 99.8 Å². The second-order valence-corrected chi connectivity index (χ2v) is 4.54. The summed E-state index contributed by atoms with van der Waals surface area (Å²) in [4.78, 5) is 11.6. The normalized spacial score (nSPS) is 12.4. The quantitative estimate of drug-likeness (QED) is 0.743. The number of amides is 1. The van der Waals surface area contributed by atoms with Crippen molar-refractivity contribution in [3.05, 3.63) is 18.0 Å². The Balaban J connectivity index is 2.32. The molecule has 1 rings (SSSR count). The molecular weight excluding hydrogens is 224 g/mol. The topological polar surface area (TPSA) is 72.9 Å². The fraction of sp³-hybridized carbons (Fsp3) is 0.600. The van der Waals surface area contributed by atoms with Crippen LogP contribution in [-0.2, 0) is 18.4 Å². The average Bonchev–Trinajstić information content (AvgIpc) is 2.68. The molecule has 90 valence electrons. The molecule has 16 heavy (non-hydrogen) atoms. The van der Waals surface area contributed by atoms with Crippen LogP contribution in [-0.4, -0.2) is 33.7 Å². The Kier molecular flexibility index (Phi) is 5.34. The lowest BCUT2D eigenvalue weighted by Crippen LogP contribution is -2.40. The van der Waals surface area contributed by atoms with Crippen LogP contribution >= 0.6 is 11.8 Å². The van der Waals surface area contributed by atoms with E-state index in [-0.39, 0.29) is 5.91 Å². The first-order valence-electron chi connectivity index (χ1n) is 5.14. The third-order valence-electron chi connectivity index (χ3n) is 2.34. The summed E-state index contributed by atoms with van der Waals surface area (Å²) in [6.45, 7) is 0.475. The van der Waals surface area contributed by atoms with Crippen molar-refractivity contribution < 1.29 is 4.79 Å². The molecule has 3 N–H and O–H groups in total. The number of hydrogen-bond acceptors (Lipinski definition) is 4. The minimum atomic E-state index is -0.416. The van der Waals surface area contributed by atoms with E-state index in [4.69, 9.17) is 5.73 Å². The zero-order valence-electron chi connectivity index (χ0n) is 9.64. The molecular formula is C10H18N4OS. The molecule has 1 aromatic heterocycles. The lowest BCUT2D eigenvalue weighted by molar-refractivity contribution is -0.122. The Hall–Kier alpha value is -1.01. The molecule has 1 atom stereocenters. The third kappa shape index (κ3) is 3.86. The Bertz CT molecular complexity index is 339. The van der Waals surface area contributed by atoms with Crippen LogP contribution in [0.3, 0.4) is 0 Å². The van der Waals surface area contributed by atoms with Crippen molar-refractivity contribution in [3.63, 3.8) is 0 Å². The molecule has 0 saturated carbocycles. The van der Waals surface area contributed by atoms with Crippen molar-refractivity contribution in [3.8, 4) is 0 Å². The fourth-order valence-corrected chi connectivity index (χ4v) is 1.75. The highest BCUT2D eigenvalue weighted by Crippen LogP contribution is 2.00. The Morgan fingerprint density at radius 3 is 3.06 bits per heavy atom. The molecule has 1 amide bonds. The third-order valence-corrected chi connectivity index (χ3v) is 2.98. The number of aryl methyl sites for hydroxylation is 1. The van der Waals surface area contributed by atoms with Crippen molar-refractivity contribution in [2.45, 2.75) is 19.0 Å². The van der Waals surface area contributed by atoms with Crippen LogP contribution in [0.15, 0.2) is 12.3 Å². The SMILES string of the molecule is CSCC[C@@H](N)C(=O)NCc1ccnn1C. The number of hydrogen-bond donors (Lipinski definition) is 2. The van der Waals surface area contributed by atoms with E-state index in [9.17, 15) is 4.79 Å². The molecule has 0 aromatic carbocycles. The van der Waals surface area contributed by atoms with Crippen molar-refractivity contribution in [1.82, 2.24) is 15.1 Å². The Morgan fingerprint density at radius 1 is 1.75 bits per heavy atom. The van der Waals surface area contributed by atoms with E-state index in [1.54, 1.807) is 22.6 Å². The van der Waals surface area contributed by atoms with Crippen molar-refractivity contribution in [2.24, 2.45) is 12.8 Å². The van der Waals surface area contributed by atoms with E-state index in [2.05, 4.69) is 10.4 Å². The van der Waals surface area contributed by atoms with Gasteiger partial charge in [-0.3, -0.25) is 9.48 Å². The first-order chi connectivity index (χ1) is 7.65. The summed E-state index contributed by atoms with van der Waals surface area (Å²) in [5.41, 5.74) is 6.70. The van der Waals surface area contributed by atoms with Crippen LogP contribution in [0.4, 0.5) is 0 Å². The zero-order valence-corrected chi connectivity index (χ0v) is 10.5. The molecule has 0 saturated heterocycles. The standard InChI is InChI=1S/C10H18N4OS/c1-14-8(3-5-13-14)7-12-10(15)9(11)4-6-16-2/h3,5,9H,4,6-7,11H2,1-2H3,(H,12,15)/t9-/m1/s1. The van der Waals surface area contributed by atoms with Gasteiger partial charge in [0.25, 0.3) is 0 Å². The number of nitrogens with zero attached hydrogens (tertiary/aromatic N) is 2. The lowest BCUT2D eigenvalue weighted by atomic mass is 10.2. The molecule has 6 heteroatoms. The number of aromatic nitrogens is 2. The molecule has 0 radical (unpaired) electrons. The van der Waals surface area contributed by atoms with E-state index in [0.717, 1.165) is 11.4 Å². The van der Waals surface area contributed by atoms with Gasteiger partial charge in [-0.1, -0.05) is 0 Å². The highest BCUT2D eigenvalue weighted by atomic mass is 32.2. The molecule has 0 unspecified atom stereocenters. The van der Waals surface area contributed by atoms with E-state index < -0.39 is 6.04 Å². The van der Waals surface area contributed by atoms with Gasteiger partial charge in [-0.05, 0) is 24.5 Å². The number of thioether (sulfide) groups is 1. The van der Waals surface area contributed by atoms with Gasteiger partial charge in [-0.25, -0.2) is 0 Å². The van der Waals surface area contributed by atoms with Crippen molar-refractivity contribution in [2.75, 3.05) is 12.0 Å². The average molecular weight is 242 g/mol. The molecule has 0 fully saturated rings. The highest BCUT2D eigenvalue weighted by molar-refractivity contribution is 7.98. The molecule has 0 aliphatic carbocycles. The van der Waals surface area contributed by atoms with Crippen LogP contribution in [0.2, 0.25) is 0 Å². The molecule has 0 aliphatic rings. The van der Waals surface area contributed by atoms with Gasteiger partial charge in [0.2, 0.25) is 5.91 Å². The van der Waals surface area contributed by atoms with E-state index in [1.807, 2.05) is 19.4 Å². The first kappa shape index (κ1) is 13.1. The monoisotopic (exact) mass is 242 g/mol. The Morgan fingerprint density at radius 2 is 2.50 bits per heavy atom. The molecule has 0 spiro atoms. The minimum absolute atomic E-state index is 0.102. The van der Waals surface area contributed by atoms with E-state index >= 15 is 0 Å². The maximum Gasteiger partial charge on any atom is 0.237 e. The summed E-state index contributed by atoms with van der Waals surface area (Å²) >= 11 is 1.69. The van der Waals surface area contributed by atoms with Crippen LogP contribution in [0.25, 0.3) is 0 Å². The van der Waals surface area contributed by atoms with Gasteiger partial charge in [0.05, 0.1) is 18.3 Å². The zero-order chi connectivity index (χ0) is 12.0. The maximum atomic E-state index is 11.6. The second kappa shape index (κ2) is 6.55. The predicted octanol–water partition coefficient (Wildman–Crippen LogP) is 0.117. The van der Waals surface area contributed by atoms with Gasteiger partial charge in [-0.15, -0.1) is 0 Å². The van der Waals surface area contributed by atoms with Crippen molar-refractivity contribution >= 4 is 17.7 Å². The van der Waals surface area contributed by atoms with Gasteiger partial charge >= 0.3 is 0 Å². The predicted molar refractivity (Wildman–Crippen MR) is 66.0 cm³/mol. The van der Waals surface area contributed by atoms with E-state index in [1.165, 1.54) is 0 Å². The van der Waals surface area contributed by atoms with Crippen LogP contribution < -0.4 is 11.1 Å².